The van der Waals surface area contributed by atoms with Crippen LogP contribution in [0.4, 0.5) is 10.5 Å². The molecule has 0 bridgehead atoms. The quantitative estimate of drug-likeness (QED) is 0.626. The second-order valence-corrected chi connectivity index (χ2v) is 7.34. The van der Waals surface area contributed by atoms with Crippen molar-refractivity contribution in [3.8, 4) is 0 Å². The predicted octanol–water partition coefficient (Wildman–Crippen LogP) is 2.25. The number of fused-ring (bicyclic) bond motifs is 1. The Morgan fingerprint density at radius 2 is 1.83 bits per heavy atom. The highest BCUT2D eigenvalue weighted by molar-refractivity contribution is 6.12. The van der Waals surface area contributed by atoms with Crippen LogP contribution in [0.1, 0.15) is 34.8 Å². The Morgan fingerprint density at radius 3 is 2.52 bits per heavy atom. The van der Waals surface area contributed by atoms with Crippen LogP contribution < -0.4 is 10.2 Å². The second kappa shape index (κ2) is 6.84. The maximum absolute atomic E-state index is 13.1. The van der Waals surface area contributed by atoms with Gasteiger partial charge in [-0.05, 0) is 35.7 Å². The number of hydrogen-bond donors (Lipinski definition) is 1. The fourth-order valence-corrected chi connectivity index (χ4v) is 4.01. The summed E-state index contributed by atoms with van der Waals surface area (Å²) in [6.07, 6.45) is 0.614. The Balaban J connectivity index is 1.58. The molecule has 7 nitrogen and oxygen atoms in total. The monoisotopic (exact) mass is 391 g/mol. The third-order valence-electron chi connectivity index (χ3n) is 5.75. The molecule has 2 aliphatic heterocycles. The Labute approximate surface area is 168 Å². The lowest BCUT2D eigenvalue weighted by molar-refractivity contribution is -0.131. The van der Waals surface area contributed by atoms with Gasteiger partial charge in [0.1, 0.15) is 5.54 Å². The van der Waals surface area contributed by atoms with E-state index in [-0.39, 0.29) is 24.7 Å². The highest BCUT2D eigenvalue weighted by Gasteiger charge is 2.51. The first-order chi connectivity index (χ1) is 13.9. The molecule has 1 N–H and O–H groups in total. The van der Waals surface area contributed by atoms with Gasteiger partial charge in [0, 0.05) is 18.3 Å². The zero-order chi connectivity index (χ0) is 20.8. The topological polar surface area (TPSA) is 86.8 Å². The fraction of sp³-hybridized carbons (Fsp3) is 0.273. The molecule has 1 atom stereocenters. The number of Topliss-reactive ketones (excluding diaryl/α,β-unsaturated/α-hetero) is 1. The van der Waals surface area contributed by atoms with Gasteiger partial charge in [0.15, 0.2) is 5.78 Å². The first-order valence-electron chi connectivity index (χ1n) is 9.49. The maximum atomic E-state index is 13.1. The highest BCUT2D eigenvalue weighted by Crippen LogP contribution is 2.33. The van der Waals surface area contributed by atoms with Gasteiger partial charge in [0.25, 0.3) is 5.91 Å². The van der Waals surface area contributed by atoms with Crippen molar-refractivity contribution < 1.29 is 19.2 Å². The van der Waals surface area contributed by atoms with Crippen LogP contribution in [0.25, 0.3) is 0 Å². The van der Waals surface area contributed by atoms with E-state index in [9.17, 15) is 19.2 Å². The molecule has 2 aromatic carbocycles. The molecule has 2 aromatic rings. The summed E-state index contributed by atoms with van der Waals surface area (Å²) in [7, 11) is 1.69. The largest absolute Gasteiger partial charge is 0.325 e. The van der Waals surface area contributed by atoms with Crippen molar-refractivity contribution in [1.82, 2.24) is 10.2 Å². The molecule has 2 heterocycles. The molecule has 4 rings (SSSR count). The van der Waals surface area contributed by atoms with Crippen LogP contribution in [0.15, 0.2) is 48.5 Å². The molecular formula is C22H21N3O4. The maximum Gasteiger partial charge on any atom is 0.325 e. The van der Waals surface area contributed by atoms with Gasteiger partial charge in [-0.15, -0.1) is 0 Å². The van der Waals surface area contributed by atoms with Crippen molar-refractivity contribution in [2.75, 3.05) is 18.5 Å². The van der Waals surface area contributed by atoms with Crippen LogP contribution in [0.3, 0.4) is 0 Å². The van der Waals surface area contributed by atoms with Crippen molar-refractivity contribution in [2.24, 2.45) is 0 Å². The summed E-state index contributed by atoms with van der Waals surface area (Å²) in [5.74, 6) is -0.812. The van der Waals surface area contributed by atoms with E-state index in [1.165, 1.54) is 0 Å². The summed E-state index contributed by atoms with van der Waals surface area (Å²) < 4.78 is 0. The molecule has 4 amide bonds. The fourth-order valence-electron chi connectivity index (χ4n) is 4.01. The lowest BCUT2D eigenvalue weighted by atomic mass is 9.87. The minimum atomic E-state index is -1.16. The van der Waals surface area contributed by atoms with Crippen molar-refractivity contribution in [3.05, 3.63) is 65.2 Å². The van der Waals surface area contributed by atoms with Crippen LogP contribution in [0.5, 0.6) is 0 Å². The number of carbonyl (C=O) groups is 4. The Bertz CT molecular complexity index is 1030. The average molecular weight is 391 g/mol. The number of likely N-dealkylation sites (N-methyl/N-ethyl adjacent to an activating group) is 1. The van der Waals surface area contributed by atoms with Crippen molar-refractivity contribution in [2.45, 2.75) is 25.3 Å². The molecule has 1 fully saturated rings. The molecule has 148 valence electrons. The smallest absolute Gasteiger partial charge is 0.319 e. The van der Waals surface area contributed by atoms with E-state index in [4.69, 9.17) is 0 Å². The summed E-state index contributed by atoms with van der Waals surface area (Å²) in [6.45, 7) is 1.48. The van der Waals surface area contributed by atoms with Crippen LogP contribution in [-0.4, -0.2) is 42.1 Å². The molecule has 0 spiro atoms. The number of nitrogens with zero attached hydrogens (tertiary/aromatic N) is 2. The number of anilines is 1. The van der Waals surface area contributed by atoms with Gasteiger partial charge in [-0.3, -0.25) is 19.3 Å². The number of urea groups is 1. The average Bonchev–Trinajstić information content (AvgIpc) is 3.16. The SMILES string of the molecule is CC[C@@]1(c2ccccc2)NC(=O)N(CC(=O)c2ccc3c(c2)CC(=O)N3C)C1=O. The number of hydrogen-bond acceptors (Lipinski definition) is 4. The summed E-state index contributed by atoms with van der Waals surface area (Å²) in [4.78, 5) is 52.9. The van der Waals surface area contributed by atoms with Crippen molar-refractivity contribution in [3.63, 3.8) is 0 Å². The normalized spacial score (nSPS) is 20.8. The second-order valence-electron chi connectivity index (χ2n) is 7.34. The summed E-state index contributed by atoms with van der Waals surface area (Å²) in [5, 5.41) is 2.78. The van der Waals surface area contributed by atoms with Gasteiger partial charge < -0.3 is 10.2 Å². The Hall–Kier alpha value is -3.48. The van der Waals surface area contributed by atoms with E-state index in [0.717, 1.165) is 16.2 Å². The van der Waals surface area contributed by atoms with Crippen molar-refractivity contribution in [1.29, 1.82) is 0 Å². The van der Waals surface area contributed by atoms with Crippen molar-refractivity contribution >= 4 is 29.3 Å². The standard InChI is InChI=1S/C22H21N3O4/c1-3-22(16-7-5-4-6-8-16)20(28)25(21(29)23-22)13-18(26)14-9-10-17-15(11-14)12-19(27)24(17)2/h4-11H,3,12-13H2,1-2H3,(H,23,29)/t22-/m0/s1. The minimum Gasteiger partial charge on any atom is -0.319 e. The van der Waals surface area contributed by atoms with Gasteiger partial charge in [-0.25, -0.2) is 4.79 Å². The lowest BCUT2D eigenvalue weighted by Crippen LogP contribution is -2.43. The zero-order valence-corrected chi connectivity index (χ0v) is 16.3. The predicted molar refractivity (Wildman–Crippen MR) is 107 cm³/mol. The lowest BCUT2D eigenvalue weighted by Gasteiger charge is -2.25. The molecule has 1 saturated heterocycles. The van der Waals surface area contributed by atoms with E-state index in [0.29, 0.717) is 17.5 Å². The van der Waals surface area contributed by atoms with Gasteiger partial charge in [-0.1, -0.05) is 37.3 Å². The first-order valence-corrected chi connectivity index (χ1v) is 9.49. The summed E-state index contributed by atoms with van der Waals surface area (Å²) >= 11 is 0. The van der Waals surface area contributed by atoms with E-state index in [1.807, 2.05) is 25.1 Å². The molecule has 0 unspecified atom stereocenters. The molecule has 0 saturated carbocycles. The number of amides is 4. The molecule has 0 radical (unpaired) electrons. The highest BCUT2D eigenvalue weighted by atomic mass is 16.2. The molecular weight excluding hydrogens is 370 g/mol. The van der Waals surface area contributed by atoms with E-state index in [2.05, 4.69) is 5.32 Å². The molecule has 7 heteroatoms. The number of ketones is 1. The van der Waals surface area contributed by atoms with Crippen LogP contribution in [-0.2, 0) is 21.5 Å². The third-order valence-corrected chi connectivity index (χ3v) is 5.75. The van der Waals surface area contributed by atoms with Gasteiger partial charge in [0.2, 0.25) is 5.91 Å². The number of rotatable bonds is 5. The van der Waals surface area contributed by atoms with Crippen LogP contribution >= 0.6 is 0 Å². The molecule has 2 aliphatic rings. The third kappa shape index (κ3) is 2.90. The summed E-state index contributed by atoms with van der Waals surface area (Å²) in [6, 6.07) is 13.5. The van der Waals surface area contributed by atoms with E-state index >= 15 is 0 Å². The number of nitrogens with one attached hydrogen (secondary N) is 1. The van der Waals surface area contributed by atoms with Gasteiger partial charge >= 0.3 is 6.03 Å². The summed E-state index contributed by atoms with van der Waals surface area (Å²) in [5.41, 5.74) is 1.45. The molecule has 29 heavy (non-hydrogen) atoms. The van der Waals surface area contributed by atoms with Gasteiger partial charge in [0.05, 0.1) is 13.0 Å². The zero-order valence-electron chi connectivity index (χ0n) is 16.3. The Morgan fingerprint density at radius 1 is 1.10 bits per heavy atom. The molecule has 0 aliphatic carbocycles. The van der Waals surface area contributed by atoms with E-state index in [1.54, 1.807) is 42.3 Å². The minimum absolute atomic E-state index is 0.0331. The number of carbonyl (C=O) groups excluding carboxylic acids is 4. The number of imide groups is 1. The number of benzene rings is 2. The first kappa shape index (κ1) is 18.9. The van der Waals surface area contributed by atoms with Gasteiger partial charge in [-0.2, -0.15) is 0 Å². The molecule has 0 aromatic heterocycles. The van der Waals surface area contributed by atoms with E-state index < -0.39 is 17.5 Å². The Kier molecular flexibility index (Phi) is 4.45. The van der Waals surface area contributed by atoms with Crippen LogP contribution in [0, 0.1) is 0 Å². The van der Waals surface area contributed by atoms with Crippen LogP contribution in [0.2, 0.25) is 0 Å².